The number of amides is 2. The van der Waals surface area contributed by atoms with Crippen molar-refractivity contribution in [1.29, 1.82) is 0 Å². The van der Waals surface area contributed by atoms with Crippen molar-refractivity contribution < 1.29 is 9.59 Å². The molecule has 7 heteroatoms. The molecule has 2 atom stereocenters. The van der Waals surface area contributed by atoms with E-state index < -0.39 is 6.04 Å². The summed E-state index contributed by atoms with van der Waals surface area (Å²) in [6, 6.07) is 7.63. The Morgan fingerprint density at radius 1 is 1.25 bits per heavy atom. The number of rotatable bonds is 6. The molecule has 2 heterocycles. The molecule has 0 spiro atoms. The van der Waals surface area contributed by atoms with Crippen LogP contribution in [0, 0.1) is 5.92 Å². The Kier molecular flexibility index (Phi) is 6.03. The molecule has 2 aromatic rings. The number of para-hydroxylation sites is 2. The molecule has 1 aromatic carbocycles. The summed E-state index contributed by atoms with van der Waals surface area (Å²) in [7, 11) is 0. The minimum absolute atomic E-state index is 0.0283. The van der Waals surface area contributed by atoms with Gasteiger partial charge in [0.1, 0.15) is 5.82 Å². The molecule has 28 heavy (non-hydrogen) atoms. The van der Waals surface area contributed by atoms with Gasteiger partial charge in [0.15, 0.2) is 0 Å². The van der Waals surface area contributed by atoms with Gasteiger partial charge in [0.2, 0.25) is 11.8 Å². The summed E-state index contributed by atoms with van der Waals surface area (Å²) < 4.78 is 2.22. The van der Waals surface area contributed by atoms with Gasteiger partial charge in [0, 0.05) is 12.6 Å². The molecule has 7 nitrogen and oxygen atoms in total. The molecular weight excluding hydrogens is 354 g/mol. The first kappa shape index (κ1) is 20.3. The molecular formula is C21H31N5O2. The first-order chi connectivity index (χ1) is 13.3. The van der Waals surface area contributed by atoms with Crippen molar-refractivity contribution in [3.8, 4) is 0 Å². The van der Waals surface area contributed by atoms with Crippen molar-refractivity contribution >= 4 is 22.8 Å². The van der Waals surface area contributed by atoms with Crippen LogP contribution < -0.4 is 11.1 Å². The van der Waals surface area contributed by atoms with Gasteiger partial charge in [-0.15, -0.1) is 0 Å². The zero-order chi connectivity index (χ0) is 20.4. The van der Waals surface area contributed by atoms with E-state index in [-0.39, 0.29) is 36.4 Å². The van der Waals surface area contributed by atoms with Gasteiger partial charge in [0.05, 0.1) is 29.7 Å². The molecule has 0 radical (unpaired) electrons. The third-order valence-corrected chi connectivity index (χ3v) is 5.45. The quantitative estimate of drug-likeness (QED) is 0.798. The Balaban J connectivity index is 1.80. The molecule has 1 fully saturated rings. The Morgan fingerprint density at radius 2 is 1.96 bits per heavy atom. The lowest BCUT2D eigenvalue weighted by molar-refractivity contribution is -0.134. The van der Waals surface area contributed by atoms with Crippen molar-refractivity contribution in [1.82, 2.24) is 19.8 Å². The molecule has 0 saturated carbocycles. The molecule has 0 bridgehead atoms. The number of likely N-dealkylation sites (tertiary alicyclic amines) is 1. The number of fused-ring (bicyclic) bond motifs is 1. The molecule has 1 unspecified atom stereocenters. The zero-order valence-corrected chi connectivity index (χ0v) is 17.2. The lowest BCUT2D eigenvalue weighted by Crippen LogP contribution is -2.48. The van der Waals surface area contributed by atoms with Crippen LogP contribution >= 0.6 is 0 Å². The highest BCUT2D eigenvalue weighted by atomic mass is 16.2. The molecule has 3 rings (SSSR count). The number of imidazole rings is 1. The number of hydrogen-bond donors (Lipinski definition) is 2. The number of hydrogen-bond acceptors (Lipinski definition) is 4. The Hall–Kier alpha value is -2.41. The predicted octanol–water partition coefficient (Wildman–Crippen LogP) is 2.38. The normalized spacial score (nSPS) is 18.2. The van der Waals surface area contributed by atoms with E-state index >= 15 is 0 Å². The minimum Gasteiger partial charge on any atom is -0.346 e. The van der Waals surface area contributed by atoms with Gasteiger partial charge in [-0.3, -0.25) is 9.59 Å². The van der Waals surface area contributed by atoms with Crippen LogP contribution in [0.5, 0.6) is 0 Å². The highest BCUT2D eigenvalue weighted by molar-refractivity contribution is 5.87. The van der Waals surface area contributed by atoms with Crippen LogP contribution in [0.3, 0.4) is 0 Å². The second-order valence-electron chi connectivity index (χ2n) is 8.16. The van der Waals surface area contributed by atoms with Crippen molar-refractivity contribution in [2.24, 2.45) is 11.7 Å². The van der Waals surface area contributed by atoms with E-state index in [9.17, 15) is 9.59 Å². The van der Waals surface area contributed by atoms with E-state index in [0.29, 0.717) is 6.54 Å². The van der Waals surface area contributed by atoms with Crippen molar-refractivity contribution in [3.05, 3.63) is 30.1 Å². The fraction of sp³-hybridized carbons (Fsp3) is 0.571. The van der Waals surface area contributed by atoms with Crippen molar-refractivity contribution in [2.45, 2.75) is 58.7 Å². The third kappa shape index (κ3) is 3.90. The van der Waals surface area contributed by atoms with Crippen LogP contribution in [0.25, 0.3) is 11.0 Å². The van der Waals surface area contributed by atoms with Gasteiger partial charge in [-0.1, -0.05) is 26.0 Å². The summed E-state index contributed by atoms with van der Waals surface area (Å²) in [6.45, 7) is 8.69. The minimum atomic E-state index is -0.604. The molecule has 152 valence electrons. The highest BCUT2D eigenvalue weighted by Gasteiger charge is 2.34. The Labute approximate surface area is 166 Å². The fourth-order valence-corrected chi connectivity index (χ4v) is 3.86. The largest absolute Gasteiger partial charge is 0.346 e. The molecule has 1 aromatic heterocycles. The van der Waals surface area contributed by atoms with Gasteiger partial charge in [-0.25, -0.2) is 4.98 Å². The van der Waals surface area contributed by atoms with E-state index in [4.69, 9.17) is 10.7 Å². The Bertz CT molecular complexity index is 858. The molecule has 1 aliphatic heterocycles. The van der Waals surface area contributed by atoms with Crippen LogP contribution in [0.2, 0.25) is 0 Å². The SMILES string of the molecule is CC(C)[C@H](N)C(=O)NCC(=O)N1CCCC1c1nc2ccccc2n1C(C)C. The van der Waals surface area contributed by atoms with E-state index in [2.05, 4.69) is 29.8 Å². The Morgan fingerprint density at radius 3 is 2.64 bits per heavy atom. The average Bonchev–Trinajstić information content (AvgIpc) is 3.28. The van der Waals surface area contributed by atoms with E-state index in [0.717, 1.165) is 29.7 Å². The third-order valence-electron chi connectivity index (χ3n) is 5.45. The number of aromatic nitrogens is 2. The lowest BCUT2D eigenvalue weighted by atomic mass is 10.1. The summed E-state index contributed by atoms with van der Waals surface area (Å²) in [4.78, 5) is 31.7. The molecule has 0 aliphatic carbocycles. The lowest BCUT2D eigenvalue weighted by Gasteiger charge is -2.26. The van der Waals surface area contributed by atoms with Crippen LogP contribution in [0.1, 0.15) is 58.4 Å². The standard InChI is InChI=1S/C21H31N5O2/c1-13(2)19(22)21(28)23-12-18(27)25-11-7-10-17(25)20-24-15-8-5-6-9-16(15)26(20)14(3)4/h5-6,8-9,13-14,17,19H,7,10-12,22H2,1-4H3,(H,23,28)/t17?,19-/m0/s1. The predicted molar refractivity (Wildman–Crippen MR) is 110 cm³/mol. The maximum absolute atomic E-state index is 12.9. The van der Waals surface area contributed by atoms with Gasteiger partial charge in [-0.05, 0) is 44.7 Å². The van der Waals surface area contributed by atoms with E-state index in [1.807, 2.05) is 36.9 Å². The average molecular weight is 386 g/mol. The number of benzene rings is 1. The maximum atomic E-state index is 12.9. The van der Waals surface area contributed by atoms with Crippen LogP contribution in [-0.2, 0) is 9.59 Å². The summed E-state index contributed by atoms with van der Waals surface area (Å²) in [5, 5.41) is 2.69. The summed E-state index contributed by atoms with van der Waals surface area (Å²) >= 11 is 0. The van der Waals surface area contributed by atoms with E-state index in [1.54, 1.807) is 0 Å². The number of nitrogens with two attached hydrogens (primary N) is 1. The monoisotopic (exact) mass is 385 g/mol. The van der Waals surface area contributed by atoms with Gasteiger partial charge in [0.25, 0.3) is 0 Å². The van der Waals surface area contributed by atoms with Crippen LogP contribution in [-0.4, -0.2) is 45.4 Å². The molecule has 3 N–H and O–H groups in total. The topological polar surface area (TPSA) is 93.2 Å². The van der Waals surface area contributed by atoms with Gasteiger partial charge >= 0.3 is 0 Å². The number of nitrogens with zero attached hydrogens (tertiary/aromatic N) is 3. The smallest absolute Gasteiger partial charge is 0.242 e. The zero-order valence-electron chi connectivity index (χ0n) is 17.2. The second-order valence-corrected chi connectivity index (χ2v) is 8.16. The molecule has 2 amide bonds. The summed E-state index contributed by atoms with van der Waals surface area (Å²) in [5.74, 6) is 0.579. The first-order valence-electron chi connectivity index (χ1n) is 10.1. The molecule has 1 aliphatic rings. The number of nitrogens with one attached hydrogen (secondary N) is 1. The number of carbonyl (C=O) groups excluding carboxylic acids is 2. The van der Waals surface area contributed by atoms with Crippen molar-refractivity contribution in [2.75, 3.05) is 13.1 Å². The maximum Gasteiger partial charge on any atom is 0.242 e. The highest BCUT2D eigenvalue weighted by Crippen LogP contribution is 2.35. The van der Waals surface area contributed by atoms with Gasteiger partial charge in [-0.2, -0.15) is 0 Å². The fourth-order valence-electron chi connectivity index (χ4n) is 3.86. The van der Waals surface area contributed by atoms with Crippen molar-refractivity contribution in [3.63, 3.8) is 0 Å². The first-order valence-corrected chi connectivity index (χ1v) is 10.1. The summed E-state index contributed by atoms with van der Waals surface area (Å²) in [6.07, 6.45) is 1.80. The van der Waals surface area contributed by atoms with Gasteiger partial charge < -0.3 is 20.5 Å². The van der Waals surface area contributed by atoms with Crippen LogP contribution in [0.15, 0.2) is 24.3 Å². The second kappa shape index (κ2) is 8.31. The summed E-state index contributed by atoms with van der Waals surface area (Å²) in [5.41, 5.74) is 7.90. The molecule has 1 saturated heterocycles. The van der Waals surface area contributed by atoms with Crippen LogP contribution in [0.4, 0.5) is 0 Å². The number of carbonyl (C=O) groups is 2. The van der Waals surface area contributed by atoms with E-state index in [1.165, 1.54) is 0 Å².